The molecule has 0 radical (unpaired) electrons. The van der Waals surface area contributed by atoms with Crippen LogP contribution in [0.5, 0.6) is 5.75 Å². The number of anilines is 3. The minimum atomic E-state index is 0.608. The maximum atomic E-state index is 5.42. The van der Waals surface area contributed by atoms with Crippen molar-refractivity contribution in [3.05, 3.63) is 35.1 Å². The first-order valence-electron chi connectivity index (χ1n) is 6.40. The highest BCUT2D eigenvalue weighted by atomic mass is 79.9. The van der Waals surface area contributed by atoms with E-state index in [-0.39, 0.29) is 0 Å². The molecule has 106 valence electrons. The van der Waals surface area contributed by atoms with Crippen LogP contribution in [0.15, 0.2) is 35.1 Å². The van der Waals surface area contributed by atoms with Crippen molar-refractivity contribution in [3.63, 3.8) is 0 Å². The summed E-state index contributed by atoms with van der Waals surface area (Å²) in [5, 5.41) is 6.47. The van der Waals surface area contributed by atoms with Gasteiger partial charge in [-0.3, -0.25) is 0 Å². The summed E-state index contributed by atoms with van der Waals surface area (Å²) in [6.07, 6.45) is 2.53. The molecule has 1 aromatic carbocycles. The third kappa shape index (κ3) is 3.39. The standard InChI is InChI=1S/C14H17BrN4O/c1-3-8-16-13-12(20-2)14(18-9-17-13)19-11-7-5-4-6-10(11)15/h4-7,9H,3,8H2,1-2H3,(H2,16,17,18,19). The molecule has 2 N–H and O–H groups in total. The Hall–Kier alpha value is -1.82. The Bertz CT molecular complexity index is 577. The second-order valence-corrected chi connectivity index (χ2v) is 4.99. The summed E-state index contributed by atoms with van der Waals surface area (Å²) in [6, 6.07) is 7.84. The average molecular weight is 337 g/mol. The molecule has 0 aliphatic heterocycles. The first-order valence-corrected chi connectivity index (χ1v) is 7.20. The zero-order valence-electron chi connectivity index (χ0n) is 11.5. The molecule has 2 aromatic rings. The number of halogens is 1. The van der Waals surface area contributed by atoms with Crippen molar-refractivity contribution >= 4 is 33.3 Å². The number of aromatic nitrogens is 2. The molecular weight excluding hydrogens is 320 g/mol. The fraction of sp³-hybridized carbons (Fsp3) is 0.286. The molecule has 0 unspecified atom stereocenters. The quantitative estimate of drug-likeness (QED) is 0.839. The van der Waals surface area contributed by atoms with E-state index in [0.717, 1.165) is 23.1 Å². The van der Waals surface area contributed by atoms with Crippen molar-refractivity contribution in [2.75, 3.05) is 24.3 Å². The van der Waals surface area contributed by atoms with Gasteiger partial charge in [-0.05, 0) is 34.5 Å². The number of nitrogens with zero attached hydrogens (tertiary/aromatic N) is 2. The number of para-hydroxylation sites is 1. The molecule has 20 heavy (non-hydrogen) atoms. The molecule has 2 rings (SSSR count). The molecule has 0 atom stereocenters. The van der Waals surface area contributed by atoms with Crippen LogP contribution in [0.1, 0.15) is 13.3 Å². The van der Waals surface area contributed by atoms with Crippen LogP contribution in [-0.4, -0.2) is 23.6 Å². The van der Waals surface area contributed by atoms with Crippen LogP contribution in [0.2, 0.25) is 0 Å². The number of benzene rings is 1. The highest BCUT2D eigenvalue weighted by molar-refractivity contribution is 9.10. The van der Waals surface area contributed by atoms with Crippen LogP contribution in [0.25, 0.3) is 0 Å². The van der Waals surface area contributed by atoms with Gasteiger partial charge in [-0.1, -0.05) is 19.1 Å². The van der Waals surface area contributed by atoms with Gasteiger partial charge in [0.25, 0.3) is 0 Å². The second kappa shape index (κ2) is 7.09. The van der Waals surface area contributed by atoms with E-state index < -0.39 is 0 Å². The average Bonchev–Trinajstić information content (AvgIpc) is 2.47. The van der Waals surface area contributed by atoms with Crippen LogP contribution >= 0.6 is 15.9 Å². The fourth-order valence-electron chi connectivity index (χ4n) is 1.72. The molecular formula is C14H17BrN4O. The van der Waals surface area contributed by atoms with E-state index >= 15 is 0 Å². The molecule has 0 aliphatic rings. The molecule has 5 nitrogen and oxygen atoms in total. The normalized spacial score (nSPS) is 10.2. The lowest BCUT2D eigenvalue weighted by Gasteiger charge is -2.14. The van der Waals surface area contributed by atoms with Gasteiger partial charge in [0.2, 0.25) is 5.75 Å². The number of rotatable bonds is 6. The smallest absolute Gasteiger partial charge is 0.204 e. The third-order valence-corrected chi connectivity index (χ3v) is 3.37. The van der Waals surface area contributed by atoms with Gasteiger partial charge in [-0.2, -0.15) is 0 Å². The summed E-state index contributed by atoms with van der Waals surface area (Å²) in [6.45, 7) is 2.93. The first kappa shape index (κ1) is 14.6. The largest absolute Gasteiger partial charge is 0.490 e. The van der Waals surface area contributed by atoms with Crippen LogP contribution < -0.4 is 15.4 Å². The van der Waals surface area contributed by atoms with E-state index in [1.165, 1.54) is 6.33 Å². The van der Waals surface area contributed by atoms with E-state index in [2.05, 4.69) is 43.5 Å². The van der Waals surface area contributed by atoms with Crippen LogP contribution in [0.3, 0.4) is 0 Å². The van der Waals surface area contributed by atoms with Gasteiger partial charge in [-0.15, -0.1) is 0 Å². The third-order valence-electron chi connectivity index (χ3n) is 2.68. The topological polar surface area (TPSA) is 59.1 Å². The highest BCUT2D eigenvalue weighted by Gasteiger charge is 2.12. The first-order chi connectivity index (χ1) is 9.76. The lowest BCUT2D eigenvalue weighted by Crippen LogP contribution is -2.07. The van der Waals surface area contributed by atoms with Crippen LogP contribution in [0.4, 0.5) is 17.3 Å². The zero-order valence-corrected chi connectivity index (χ0v) is 13.1. The molecule has 1 aromatic heterocycles. The number of methoxy groups -OCH3 is 1. The summed E-state index contributed by atoms with van der Waals surface area (Å²) >= 11 is 3.50. The Morgan fingerprint density at radius 2 is 1.95 bits per heavy atom. The van der Waals surface area contributed by atoms with Crippen molar-refractivity contribution in [3.8, 4) is 5.75 Å². The summed E-state index contributed by atoms with van der Waals surface area (Å²) in [5.74, 6) is 1.93. The zero-order chi connectivity index (χ0) is 14.4. The molecule has 0 spiro atoms. The van der Waals surface area contributed by atoms with Gasteiger partial charge in [0, 0.05) is 11.0 Å². The molecule has 0 amide bonds. The summed E-state index contributed by atoms with van der Waals surface area (Å²) < 4.78 is 6.38. The lowest BCUT2D eigenvalue weighted by atomic mass is 10.3. The molecule has 0 aliphatic carbocycles. The molecule has 6 heteroatoms. The minimum absolute atomic E-state index is 0.608. The highest BCUT2D eigenvalue weighted by Crippen LogP contribution is 2.33. The Morgan fingerprint density at radius 1 is 1.20 bits per heavy atom. The second-order valence-electron chi connectivity index (χ2n) is 4.14. The summed E-state index contributed by atoms with van der Waals surface area (Å²) in [4.78, 5) is 8.46. The summed E-state index contributed by atoms with van der Waals surface area (Å²) in [7, 11) is 1.61. The van der Waals surface area contributed by atoms with Gasteiger partial charge in [0.1, 0.15) is 6.33 Å². The van der Waals surface area contributed by atoms with Gasteiger partial charge < -0.3 is 15.4 Å². The van der Waals surface area contributed by atoms with E-state index in [0.29, 0.717) is 17.4 Å². The predicted octanol–water partition coefficient (Wildman–Crippen LogP) is 3.81. The van der Waals surface area contributed by atoms with Crippen molar-refractivity contribution in [1.29, 1.82) is 0 Å². The van der Waals surface area contributed by atoms with Gasteiger partial charge >= 0.3 is 0 Å². The molecule has 0 fully saturated rings. The Morgan fingerprint density at radius 3 is 2.65 bits per heavy atom. The van der Waals surface area contributed by atoms with Crippen LogP contribution in [0, 0.1) is 0 Å². The number of hydrogen-bond donors (Lipinski definition) is 2. The maximum Gasteiger partial charge on any atom is 0.204 e. The fourth-order valence-corrected chi connectivity index (χ4v) is 2.10. The van der Waals surface area contributed by atoms with Gasteiger partial charge in [-0.25, -0.2) is 9.97 Å². The van der Waals surface area contributed by atoms with E-state index in [9.17, 15) is 0 Å². The Kier molecular flexibility index (Phi) is 5.17. The van der Waals surface area contributed by atoms with E-state index in [1.54, 1.807) is 7.11 Å². The van der Waals surface area contributed by atoms with Crippen molar-refractivity contribution in [2.24, 2.45) is 0 Å². The Balaban J connectivity index is 2.29. The minimum Gasteiger partial charge on any atom is -0.490 e. The van der Waals surface area contributed by atoms with Gasteiger partial charge in [0.15, 0.2) is 11.6 Å². The number of hydrogen-bond acceptors (Lipinski definition) is 5. The van der Waals surface area contributed by atoms with Crippen molar-refractivity contribution in [1.82, 2.24) is 9.97 Å². The van der Waals surface area contributed by atoms with Crippen molar-refractivity contribution < 1.29 is 4.74 Å². The predicted molar refractivity (Wildman–Crippen MR) is 84.8 cm³/mol. The molecule has 0 bridgehead atoms. The Labute approximate surface area is 126 Å². The maximum absolute atomic E-state index is 5.42. The lowest BCUT2D eigenvalue weighted by molar-refractivity contribution is 0.415. The molecule has 1 heterocycles. The SMILES string of the molecule is CCCNc1ncnc(Nc2ccccc2Br)c1OC. The molecule has 0 saturated carbocycles. The monoisotopic (exact) mass is 336 g/mol. The summed E-state index contributed by atoms with van der Waals surface area (Å²) in [5.41, 5.74) is 0.922. The van der Waals surface area contributed by atoms with Crippen molar-refractivity contribution in [2.45, 2.75) is 13.3 Å². The molecule has 0 saturated heterocycles. The number of nitrogens with one attached hydrogen (secondary N) is 2. The van der Waals surface area contributed by atoms with Crippen LogP contribution in [-0.2, 0) is 0 Å². The van der Waals surface area contributed by atoms with Gasteiger partial charge in [0.05, 0.1) is 12.8 Å². The number of ether oxygens (including phenoxy) is 1. The van der Waals surface area contributed by atoms with E-state index in [1.807, 2.05) is 24.3 Å². The van der Waals surface area contributed by atoms with E-state index in [4.69, 9.17) is 4.74 Å².